The number of hydrogen-bond acceptors (Lipinski definition) is 0. The van der Waals surface area contributed by atoms with E-state index in [0.29, 0.717) is 0 Å². The molecule has 2 heteroatoms. The van der Waals surface area contributed by atoms with Crippen molar-refractivity contribution in [3.05, 3.63) is 59.7 Å². The molecule has 2 aromatic carbocycles. The van der Waals surface area contributed by atoms with Crippen molar-refractivity contribution in [3.63, 3.8) is 0 Å². The third-order valence-corrected chi connectivity index (χ3v) is 20.0. The van der Waals surface area contributed by atoms with Gasteiger partial charge < -0.3 is 0 Å². The molecule has 126 valence electrons. The molecular formula is C22H29AsGe. The third kappa shape index (κ3) is 4.81. The Balaban J connectivity index is 2.48. The van der Waals surface area contributed by atoms with E-state index in [4.69, 9.17) is 0 Å². The van der Waals surface area contributed by atoms with E-state index in [1.807, 2.05) is 0 Å². The van der Waals surface area contributed by atoms with Gasteiger partial charge in [0.05, 0.1) is 0 Å². The van der Waals surface area contributed by atoms with Crippen molar-refractivity contribution in [2.24, 2.45) is 0 Å². The van der Waals surface area contributed by atoms with Crippen molar-refractivity contribution in [2.75, 3.05) is 0 Å². The maximum atomic E-state index is 3.91. The molecule has 0 aliphatic heterocycles. The number of benzene rings is 2. The summed E-state index contributed by atoms with van der Waals surface area (Å²) in [4.78, 5) is 0. The second kappa shape index (κ2) is 8.98. The molecule has 0 heterocycles. The van der Waals surface area contributed by atoms with Crippen molar-refractivity contribution < 1.29 is 0 Å². The molecule has 0 aliphatic rings. The second-order valence-electron chi connectivity index (χ2n) is 6.58. The van der Waals surface area contributed by atoms with Crippen LogP contribution in [0.5, 0.6) is 0 Å². The van der Waals surface area contributed by atoms with Gasteiger partial charge in [0.15, 0.2) is 0 Å². The van der Waals surface area contributed by atoms with E-state index in [1.54, 1.807) is 0 Å². The van der Waals surface area contributed by atoms with Crippen LogP contribution in [0.1, 0.15) is 31.9 Å². The SMILES string of the molecule is C[CH2][Ge]([C]#C[As](c1ccc(C)cc1)c1ccc(C)cc1)([CH2]C)[CH2]C. The Labute approximate surface area is 155 Å². The van der Waals surface area contributed by atoms with Gasteiger partial charge in [-0.2, -0.15) is 0 Å². The number of hydrogen-bond donors (Lipinski definition) is 0. The molecule has 0 saturated heterocycles. The first-order chi connectivity index (χ1) is 11.5. The van der Waals surface area contributed by atoms with E-state index in [-0.39, 0.29) is 0 Å². The van der Waals surface area contributed by atoms with Crippen LogP contribution in [0.2, 0.25) is 15.8 Å². The summed E-state index contributed by atoms with van der Waals surface area (Å²) in [7, 11) is 0. The molecule has 0 amide bonds. The van der Waals surface area contributed by atoms with Gasteiger partial charge in [0, 0.05) is 0 Å². The third-order valence-electron chi connectivity index (χ3n) is 5.05. The van der Waals surface area contributed by atoms with E-state index >= 15 is 0 Å². The molecule has 0 bridgehead atoms. The van der Waals surface area contributed by atoms with E-state index in [2.05, 4.69) is 92.6 Å². The average molecular weight is 441 g/mol. The molecule has 0 fully saturated rings. The molecule has 0 spiro atoms. The predicted molar refractivity (Wildman–Crippen MR) is 112 cm³/mol. The van der Waals surface area contributed by atoms with E-state index < -0.39 is 27.9 Å². The molecule has 0 nitrogen and oxygen atoms in total. The van der Waals surface area contributed by atoms with Gasteiger partial charge in [-0.1, -0.05) is 0 Å². The van der Waals surface area contributed by atoms with Gasteiger partial charge in [-0.05, 0) is 0 Å². The summed E-state index contributed by atoms with van der Waals surface area (Å²) in [6, 6.07) is 18.2. The summed E-state index contributed by atoms with van der Waals surface area (Å²) in [6.45, 7) is 11.4. The summed E-state index contributed by atoms with van der Waals surface area (Å²) < 4.78 is 10.7. The van der Waals surface area contributed by atoms with Gasteiger partial charge in [0.2, 0.25) is 0 Å². The zero-order valence-electron chi connectivity index (χ0n) is 15.7. The van der Waals surface area contributed by atoms with Gasteiger partial charge in [0.1, 0.15) is 0 Å². The van der Waals surface area contributed by atoms with Crippen LogP contribution in [0.4, 0.5) is 0 Å². The van der Waals surface area contributed by atoms with Crippen molar-refractivity contribution in [3.8, 4) is 9.46 Å². The van der Waals surface area contributed by atoms with Crippen molar-refractivity contribution in [1.29, 1.82) is 0 Å². The van der Waals surface area contributed by atoms with Crippen LogP contribution in [-0.4, -0.2) is 27.9 Å². The Morgan fingerprint density at radius 2 is 1.08 bits per heavy atom. The van der Waals surface area contributed by atoms with Crippen LogP contribution < -0.4 is 8.70 Å². The summed E-state index contributed by atoms with van der Waals surface area (Å²) in [5.74, 6) is 0. The fourth-order valence-corrected chi connectivity index (χ4v) is 14.7. The Kier molecular flexibility index (Phi) is 7.27. The number of rotatable bonds is 5. The Hall–Kier alpha value is -0.899. The molecule has 0 radical (unpaired) electrons. The Morgan fingerprint density at radius 1 is 0.708 bits per heavy atom. The van der Waals surface area contributed by atoms with Gasteiger partial charge in [-0.25, -0.2) is 0 Å². The molecule has 2 rings (SSSR count). The van der Waals surface area contributed by atoms with E-state index in [9.17, 15) is 0 Å². The average Bonchev–Trinajstić information content (AvgIpc) is 2.62. The molecule has 0 aromatic heterocycles. The van der Waals surface area contributed by atoms with Gasteiger partial charge in [-0.3, -0.25) is 0 Å². The van der Waals surface area contributed by atoms with Gasteiger partial charge in [-0.15, -0.1) is 0 Å². The second-order valence-corrected chi connectivity index (χ2v) is 21.0. The maximum absolute atomic E-state index is 3.91. The van der Waals surface area contributed by atoms with Crippen molar-refractivity contribution in [2.45, 2.75) is 50.4 Å². The first kappa shape index (κ1) is 19.4. The van der Waals surface area contributed by atoms with Crippen molar-refractivity contribution in [1.82, 2.24) is 0 Å². The minimum absolute atomic E-state index is 1.32. The van der Waals surface area contributed by atoms with Crippen LogP contribution in [0.3, 0.4) is 0 Å². The van der Waals surface area contributed by atoms with Crippen molar-refractivity contribution >= 4 is 36.6 Å². The van der Waals surface area contributed by atoms with E-state index in [1.165, 1.54) is 35.6 Å². The minimum atomic E-state index is -1.94. The molecular weight excluding hydrogens is 412 g/mol. The molecule has 0 unspecified atom stereocenters. The van der Waals surface area contributed by atoms with Gasteiger partial charge >= 0.3 is 156 Å². The number of aryl methyl sites for hydroxylation is 2. The summed E-state index contributed by atoms with van der Waals surface area (Å²) in [5.41, 5.74) is 2.65. The van der Waals surface area contributed by atoms with Crippen LogP contribution in [0, 0.1) is 23.3 Å². The van der Waals surface area contributed by atoms with Crippen LogP contribution in [0.15, 0.2) is 48.5 Å². The van der Waals surface area contributed by atoms with E-state index in [0.717, 1.165) is 0 Å². The summed E-state index contributed by atoms with van der Waals surface area (Å²) >= 11 is -3.47. The predicted octanol–water partition coefficient (Wildman–Crippen LogP) is 4.50. The normalized spacial score (nSPS) is 11.2. The zero-order valence-corrected chi connectivity index (χ0v) is 19.7. The summed E-state index contributed by atoms with van der Waals surface area (Å²) in [6.07, 6.45) is 0. The van der Waals surface area contributed by atoms with Crippen LogP contribution >= 0.6 is 0 Å². The first-order valence-electron chi connectivity index (χ1n) is 9.00. The molecule has 0 saturated carbocycles. The zero-order chi connectivity index (χ0) is 17.6. The fourth-order valence-electron chi connectivity index (χ4n) is 2.86. The van der Waals surface area contributed by atoms with Crippen LogP contribution in [-0.2, 0) is 0 Å². The summed E-state index contributed by atoms with van der Waals surface area (Å²) in [5, 5.41) is 3.97. The molecule has 0 aliphatic carbocycles. The van der Waals surface area contributed by atoms with Crippen LogP contribution in [0.25, 0.3) is 0 Å². The fraction of sp³-hybridized carbons (Fsp3) is 0.364. The molecule has 2 aromatic rings. The quantitative estimate of drug-likeness (QED) is 0.474. The van der Waals surface area contributed by atoms with Gasteiger partial charge in [0.25, 0.3) is 0 Å². The Bertz CT molecular complexity index is 647. The first-order valence-corrected chi connectivity index (χ1v) is 17.3. The molecule has 0 atom stereocenters. The monoisotopic (exact) mass is 442 g/mol. The standard InChI is InChI=1S/C22H29AsGe/c1-6-24(7-2,8-3)18-17-23(21-13-9-19(4)10-14-21)22-15-11-20(5)12-16-22/h9-16H,6-8H2,1-5H3. The molecule has 24 heavy (non-hydrogen) atoms. The Morgan fingerprint density at radius 3 is 1.42 bits per heavy atom. The molecule has 0 N–H and O–H groups in total. The topological polar surface area (TPSA) is 0 Å².